The van der Waals surface area contributed by atoms with Crippen molar-refractivity contribution >= 4 is 18.0 Å². The highest BCUT2D eigenvalue weighted by molar-refractivity contribution is 6.01. The molecule has 0 aromatic heterocycles. The standard InChI is InChI=1S/C10H17N3O4/c1-10(2,3)17-9(16)11-4-5-13-7(14)6-12-8(13)15/h4-6H2,1-3H3,(H,11,16)(H,12,15). The first kappa shape index (κ1) is 13.3. The van der Waals surface area contributed by atoms with Gasteiger partial charge in [0.25, 0.3) is 0 Å². The van der Waals surface area contributed by atoms with Gasteiger partial charge in [0.15, 0.2) is 0 Å². The van der Waals surface area contributed by atoms with Crippen LogP contribution in [0.3, 0.4) is 0 Å². The Morgan fingerprint density at radius 1 is 1.47 bits per heavy atom. The van der Waals surface area contributed by atoms with Gasteiger partial charge in [-0.05, 0) is 20.8 Å². The van der Waals surface area contributed by atoms with Crippen LogP contribution in [0.4, 0.5) is 9.59 Å². The summed E-state index contributed by atoms with van der Waals surface area (Å²) < 4.78 is 5.00. The number of hydrogen-bond acceptors (Lipinski definition) is 4. The molecule has 1 aliphatic rings. The van der Waals surface area contributed by atoms with Gasteiger partial charge in [-0.3, -0.25) is 9.69 Å². The van der Waals surface area contributed by atoms with Gasteiger partial charge in [0.1, 0.15) is 5.60 Å². The second kappa shape index (κ2) is 5.03. The van der Waals surface area contributed by atoms with Gasteiger partial charge in [-0.1, -0.05) is 0 Å². The molecule has 0 atom stereocenters. The van der Waals surface area contributed by atoms with Crippen molar-refractivity contribution in [2.24, 2.45) is 0 Å². The average molecular weight is 243 g/mol. The first-order valence-corrected chi connectivity index (χ1v) is 5.34. The van der Waals surface area contributed by atoms with Crippen LogP contribution in [0, 0.1) is 0 Å². The molecule has 0 aliphatic carbocycles. The molecule has 0 aromatic rings. The van der Waals surface area contributed by atoms with E-state index in [0.717, 1.165) is 4.90 Å². The molecule has 0 bridgehead atoms. The maximum Gasteiger partial charge on any atom is 0.407 e. The fourth-order valence-electron chi connectivity index (χ4n) is 1.27. The highest BCUT2D eigenvalue weighted by Crippen LogP contribution is 2.06. The predicted octanol–water partition coefficient (Wildman–Crippen LogP) is 0.0629. The number of nitrogens with zero attached hydrogens (tertiary/aromatic N) is 1. The zero-order valence-electron chi connectivity index (χ0n) is 10.2. The summed E-state index contributed by atoms with van der Waals surface area (Å²) >= 11 is 0. The quantitative estimate of drug-likeness (QED) is 0.686. The van der Waals surface area contributed by atoms with Crippen molar-refractivity contribution in [2.45, 2.75) is 26.4 Å². The topological polar surface area (TPSA) is 87.7 Å². The van der Waals surface area contributed by atoms with Gasteiger partial charge in [-0.25, -0.2) is 9.59 Å². The second-order valence-corrected chi connectivity index (χ2v) is 4.63. The highest BCUT2D eigenvalue weighted by atomic mass is 16.6. The van der Waals surface area contributed by atoms with Crippen LogP contribution in [0.25, 0.3) is 0 Å². The lowest BCUT2D eigenvalue weighted by atomic mass is 10.2. The van der Waals surface area contributed by atoms with Gasteiger partial charge < -0.3 is 15.4 Å². The molecule has 2 N–H and O–H groups in total. The molecule has 0 unspecified atom stereocenters. The molecule has 1 aliphatic heterocycles. The van der Waals surface area contributed by atoms with E-state index in [9.17, 15) is 14.4 Å². The molecule has 1 rings (SSSR count). The summed E-state index contributed by atoms with van der Waals surface area (Å²) in [5.41, 5.74) is -0.565. The summed E-state index contributed by atoms with van der Waals surface area (Å²) in [6, 6.07) is -0.430. The molecule has 0 aromatic carbocycles. The number of ether oxygens (including phenoxy) is 1. The van der Waals surface area contributed by atoms with Gasteiger partial charge in [-0.2, -0.15) is 0 Å². The summed E-state index contributed by atoms with van der Waals surface area (Å²) in [5, 5.41) is 4.86. The third-order valence-corrected chi connectivity index (χ3v) is 1.94. The van der Waals surface area contributed by atoms with Gasteiger partial charge in [0.2, 0.25) is 5.91 Å². The Hall–Kier alpha value is -1.79. The molecule has 0 radical (unpaired) electrons. The van der Waals surface area contributed by atoms with Gasteiger partial charge in [0.05, 0.1) is 6.54 Å². The van der Waals surface area contributed by atoms with Crippen LogP contribution in [0.5, 0.6) is 0 Å². The lowest BCUT2D eigenvalue weighted by Crippen LogP contribution is -2.40. The Labute approximate surface area is 99.5 Å². The first-order valence-electron chi connectivity index (χ1n) is 5.34. The monoisotopic (exact) mass is 243 g/mol. The molecule has 0 spiro atoms. The number of rotatable bonds is 3. The fourth-order valence-corrected chi connectivity index (χ4v) is 1.27. The molecule has 7 nitrogen and oxygen atoms in total. The number of nitrogens with one attached hydrogen (secondary N) is 2. The van der Waals surface area contributed by atoms with E-state index in [1.165, 1.54) is 0 Å². The largest absolute Gasteiger partial charge is 0.444 e. The van der Waals surface area contributed by atoms with E-state index in [1.807, 2.05) is 0 Å². The minimum Gasteiger partial charge on any atom is -0.444 e. The molecule has 1 saturated heterocycles. The normalized spacial score (nSPS) is 15.8. The van der Waals surface area contributed by atoms with Crippen LogP contribution in [-0.4, -0.2) is 48.2 Å². The van der Waals surface area contributed by atoms with Crippen molar-refractivity contribution < 1.29 is 19.1 Å². The number of urea groups is 1. The van der Waals surface area contributed by atoms with Crippen LogP contribution in [0.1, 0.15) is 20.8 Å². The van der Waals surface area contributed by atoms with Crippen molar-refractivity contribution in [3.05, 3.63) is 0 Å². The lowest BCUT2D eigenvalue weighted by Gasteiger charge is -2.20. The fraction of sp³-hybridized carbons (Fsp3) is 0.700. The predicted molar refractivity (Wildman–Crippen MR) is 59.3 cm³/mol. The van der Waals surface area contributed by atoms with Crippen LogP contribution >= 0.6 is 0 Å². The third kappa shape index (κ3) is 4.29. The Bertz CT molecular complexity index is 319. The van der Waals surface area contributed by atoms with Crippen molar-refractivity contribution in [2.75, 3.05) is 19.6 Å². The van der Waals surface area contributed by atoms with Crippen molar-refractivity contribution in [3.63, 3.8) is 0 Å². The van der Waals surface area contributed by atoms with E-state index in [1.54, 1.807) is 20.8 Å². The number of hydrogen-bond donors (Lipinski definition) is 2. The number of amides is 4. The summed E-state index contributed by atoms with van der Waals surface area (Å²) in [6.07, 6.45) is -0.565. The van der Waals surface area contributed by atoms with Crippen molar-refractivity contribution in [1.29, 1.82) is 0 Å². The molecule has 1 fully saturated rings. The zero-order valence-corrected chi connectivity index (χ0v) is 10.2. The molecule has 4 amide bonds. The first-order chi connectivity index (χ1) is 7.79. The van der Waals surface area contributed by atoms with Crippen LogP contribution in [0.2, 0.25) is 0 Å². The molecule has 7 heteroatoms. The molecule has 17 heavy (non-hydrogen) atoms. The summed E-state index contributed by atoms with van der Waals surface area (Å²) in [7, 11) is 0. The molecule has 96 valence electrons. The van der Waals surface area contributed by atoms with Crippen molar-refractivity contribution in [3.8, 4) is 0 Å². The van der Waals surface area contributed by atoms with E-state index in [2.05, 4.69) is 10.6 Å². The van der Waals surface area contributed by atoms with Crippen molar-refractivity contribution in [1.82, 2.24) is 15.5 Å². The number of alkyl carbamates (subject to hydrolysis) is 1. The van der Waals surface area contributed by atoms with Crippen LogP contribution in [-0.2, 0) is 9.53 Å². The Morgan fingerprint density at radius 2 is 2.12 bits per heavy atom. The number of carbonyl (C=O) groups excluding carboxylic acids is 3. The zero-order chi connectivity index (χ0) is 13.1. The molecular weight excluding hydrogens is 226 g/mol. The van der Waals surface area contributed by atoms with E-state index in [0.29, 0.717) is 0 Å². The Morgan fingerprint density at radius 3 is 2.59 bits per heavy atom. The summed E-state index contributed by atoms with van der Waals surface area (Å²) in [5.74, 6) is -0.291. The SMILES string of the molecule is CC(C)(C)OC(=O)NCCN1C(=O)CNC1=O. The van der Waals surface area contributed by atoms with Crippen LogP contribution in [0.15, 0.2) is 0 Å². The number of imide groups is 1. The Balaban J connectivity index is 2.26. The summed E-state index contributed by atoms with van der Waals surface area (Å²) in [4.78, 5) is 34.6. The second-order valence-electron chi connectivity index (χ2n) is 4.63. The molecule has 0 saturated carbocycles. The minimum atomic E-state index is -0.565. The smallest absolute Gasteiger partial charge is 0.407 e. The highest BCUT2D eigenvalue weighted by Gasteiger charge is 2.27. The molecular formula is C10H17N3O4. The number of carbonyl (C=O) groups is 3. The summed E-state index contributed by atoms with van der Waals surface area (Å²) in [6.45, 7) is 5.60. The van der Waals surface area contributed by atoms with Gasteiger partial charge in [0, 0.05) is 13.1 Å². The molecule has 1 heterocycles. The average Bonchev–Trinajstić information content (AvgIpc) is 2.46. The minimum absolute atomic E-state index is 0.0191. The maximum atomic E-state index is 11.3. The Kier molecular flexibility index (Phi) is 3.93. The third-order valence-electron chi connectivity index (χ3n) is 1.94. The lowest BCUT2D eigenvalue weighted by molar-refractivity contribution is -0.124. The van der Waals surface area contributed by atoms with Gasteiger partial charge in [-0.15, -0.1) is 0 Å². The van der Waals surface area contributed by atoms with Crippen LogP contribution < -0.4 is 10.6 Å². The van der Waals surface area contributed by atoms with Gasteiger partial charge >= 0.3 is 12.1 Å². The van der Waals surface area contributed by atoms with E-state index >= 15 is 0 Å². The van der Waals surface area contributed by atoms with E-state index in [-0.39, 0.29) is 25.5 Å². The van der Waals surface area contributed by atoms with E-state index in [4.69, 9.17) is 4.74 Å². The maximum absolute atomic E-state index is 11.3. The van der Waals surface area contributed by atoms with E-state index < -0.39 is 17.7 Å².